The summed E-state index contributed by atoms with van der Waals surface area (Å²) < 4.78 is 15.4. The van der Waals surface area contributed by atoms with Gasteiger partial charge in [-0.15, -0.1) is 0 Å². The highest BCUT2D eigenvalue weighted by Gasteiger charge is 2.17. The van der Waals surface area contributed by atoms with Crippen LogP contribution in [0, 0.1) is 0 Å². The molecule has 3 rings (SSSR count). The maximum absolute atomic E-state index is 12.4. The van der Waals surface area contributed by atoms with Gasteiger partial charge in [-0.05, 0) is 42.0 Å². The Hall–Kier alpha value is -3.48. The normalized spacial score (nSPS) is 12.9. The van der Waals surface area contributed by atoms with Gasteiger partial charge in [-0.3, -0.25) is 9.59 Å². The molecule has 2 N–H and O–H groups in total. The van der Waals surface area contributed by atoms with Crippen molar-refractivity contribution in [2.45, 2.75) is 0 Å². The summed E-state index contributed by atoms with van der Waals surface area (Å²) in [6, 6.07) is 8.01. The number of carbonyl (C=O) groups excluding carboxylic acids is 2. The number of ether oxygens (including phenoxy) is 3. The summed E-state index contributed by atoms with van der Waals surface area (Å²) in [6.45, 7) is -0.0370. The predicted molar refractivity (Wildman–Crippen MR) is 95.1 cm³/mol. The molecule has 2 aromatic rings. The summed E-state index contributed by atoms with van der Waals surface area (Å²) in [6.07, 6.45) is 2.97. The zero-order valence-electron chi connectivity index (χ0n) is 14.2. The number of benzene rings is 2. The van der Waals surface area contributed by atoms with E-state index in [4.69, 9.17) is 14.2 Å². The van der Waals surface area contributed by atoms with Crippen molar-refractivity contribution < 1.29 is 28.9 Å². The standard InChI is InChI=1S/C19H17NO6/c1-24-16-7-11(8-17(25-2)19(16)23)3-5-14(21)12-4-6-15-13(9-12)20-18(22)10-26-15/h3-9,23H,10H2,1-2H3,(H,20,22)/b5-3+. The van der Waals surface area contributed by atoms with Crippen LogP contribution in [0.4, 0.5) is 5.69 Å². The van der Waals surface area contributed by atoms with E-state index in [9.17, 15) is 14.7 Å². The third kappa shape index (κ3) is 3.46. The minimum Gasteiger partial charge on any atom is -0.502 e. The monoisotopic (exact) mass is 355 g/mol. The molecule has 0 saturated heterocycles. The van der Waals surface area contributed by atoms with E-state index in [1.54, 1.807) is 36.4 Å². The molecule has 0 atom stereocenters. The molecule has 7 heteroatoms. The molecule has 0 radical (unpaired) electrons. The second-order valence-electron chi connectivity index (χ2n) is 5.52. The van der Waals surface area contributed by atoms with Crippen molar-refractivity contribution in [3.05, 3.63) is 47.5 Å². The summed E-state index contributed by atoms with van der Waals surface area (Å²) >= 11 is 0. The number of aromatic hydroxyl groups is 1. The number of amides is 1. The van der Waals surface area contributed by atoms with Crippen LogP contribution in [0.15, 0.2) is 36.4 Å². The number of methoxy groups -OCH3 is 2. The highest BCUT2D eigenvalue weighted by atomic mass is 16.5. The molecule has 0 aliphatic carbocycles. The Morgan fingerprint density at radius 3 is 2.54 bits per heavy atom. The number of phenols is 1. The van der Waals surface area contributed by atoms with Gasteiger partial charge in [0.25, 0.3) is 5.91 Å². The lowest BCUT2D eigenvalue weighted by Gasteiger charge is -2.17. The van der Waals surface area contributed by atoms with Gasteiger partial charge in [-0.1, -0.05) is 6.08 Å². The molecule has 0 aromatic heterocycles. The van der Waals surface area contributed by atoms with Crippen molar-refractivity contribution >= 4 is 23.5 Å². The van der Waals surface area contributed by atoms with Gasteiger partial charge in [0, 0.05) is 5.56 Å². The van der Waals surface area contributed by atoms with E-state index >= 15 is 0 Å². The number of nitrogens with one attached hydrogen (secondary N) is 1. The first-order valence-corrected chi connectivity index (χ1v) is 7.76. The number of carbonyl (C=O) groups is 2. The van der Waals surface area contributed by atoms with E-state index in [1.807, 2.05) is 0 Å². The molecule has 1 amide bonds. The lowest BCUT2D eigenvalue weighted by molar-refractivity contribution is -0.118. The average Bonchev–Trinajstić information content (AvgIpc) is 2.66. The van der Waals surface area contributed by atoms with E-state index in [0.717, 1.165) is 0 Å². The highest BCUT2D eigenvalue weighted by Crippen LogP contribution is 2.37. The second-order valence-corrected chi connectivity index (χ2v) is 5.52. The Morgan fingerprint density at radius 2 is 1.88 bits per heavy atom. The molecule has 26 heavy (non-hydrogen) atoms. The number of hydrogen-bond acceptors (Lipinski definition) is 6. The van der Waals surface area contributed by atoms with Crippen LogP contribution in [0.1, 0.15) is 15.9 Å². The zero-order chi connectivity index (χ0) is 18.7. The van der Waals surface area contributed by atoms with Gasteiger partial charge in [-0.2, -0.15) is 0 Å². The third-order valence-electron chi connectivity index (χ3n) is 3.83. The van der Waals surface area contributed by atoms with Crippen LogP contribution in [0.2, 0.25) is 0 Å². The SMILES string of the molecule is COc1cc(/C=C/C(=O)c2ccc3c(c2)NC(=O)CO3)cc(OC)c1O. The second kappa shape index (κ2) is 7.18. The van der Waals surface area contributed by atoms with Crippen LogP contribution in [0.25, 0.3) is 6.08 Å². The van der Waals surface area contributed by atoms with Crippen molar-refractivity contribution in [2.24, 2.45) is 0 Å². The summed E-state index contributed by atoms with van der Waals surface area (Å²) in [5.74, 6) is 0.386. The molecular formula is C19H17NO6. The number of anilines is 1. The van der Waals surface area contributed by atoms with E-state index in [-0.39, 0.29) is 35.5 Å². The summed E-state index contributed by atoms with van der Waals surface area (Å²) in [7, 11) is 2.85. The summed E-state index contributed by atoms with van der Waals surface area (Å²) in [5.41, 5.74) is 1.50. The summed E-state index contributed by atoms with van der Waals surface area (Å²) in [4.78, 5) is 23.8. The minimum atomic E-state index is -0.263. The van der Waals surface area contributed by atoms with Gasteiger partial charge < -0.3 is 24.6 Å². The Labute approximate surface area is 149 Å². The van der Waals surface area contributed by atoms with Gasteiger partial charge in [0.2, 0.25) is 5.75 Å². The summed E-state index contributed by atoms with van der Waals surface area (Å²) in [5, 5.41) is 12.6. The van der Waals surface area contributed by atoms with Crippen LogP contribution in [0.5, 0.6) is 23.0 Å². The predicted octanol–water partition coefficient (Wildman–Crippen LogP) is 2.64. The molecule has 2 aromatic carbocycles. The van der Waals surface area contributed by atoms with Crippen molar-refractivity contribution in [3.8, 4) is 23.0 Å². The van der Waals surface area contributed by atoms with E-state index < -0.39 is 0 Å². The average molecular weight is 355 g/mol. The molecule has 0 saturated carbocycles. The largest absolute Gasteiger partial charge is 0.502 e. The van der Waals surface area contributed by atoms with Gasteiger partial charge in [0.1, 0.15) is 5.75 Å². The van der Waals surface area contributed by atoms with Gasteiger partial charge in [0.05, 0.1) is 19.9 Å². The number of fused-ring (bicyclic) bond motifs is 1. The van der Waals surface area contributed by atoms with E-state index in [0.29, 0.717) is 22.6 Å². The molecule has 134 valence electrons. The minimum absolute atomic E-state index is 0.0370. The van der Waals surface area contributed by atoms with Crippen LogP contribution in [-0.2, 0) is 4.79 Å². The molecule has 1 aliphatic heterocycles. The van der Waals surface area contributed by atoms with Crippen molar-refractivity contribution in [1.82, 2.24) is 0 Å². The number of hydrogen-bond donors (Lipinski definition) is 2. The van der Waals surface area contributed by atoms with Crippen LogP contribution in [0.3, 0.4) is 0 Å². The molecule has 1 aliphatic rings. The number of allylic oxidation sites excluding steroid dienone is 1. The number of rotatable bonds is 5. The third-order valence-corrected chi connectivity index (χ3v) is 3.83. The Balaban J connectivity index is 1.84. The van der Waals surface area contributed by atoms with E-state index in [2.05, 4.69) is 5.32 Å². The lowest BCUT2D eigenvalue weighted by atomic mass is 10.1. The molecule has 1 heterocycles. The Morgan fingerprint density at radius 1 is 1.19 bits per heavy atom. The molecule has 0 unspecified atom stereocenters. The first-order valence-electron chi connectivity index (χ1n) is 7.76. The smallest absolute Gasteiger partial charge is 0.262 e. The topological polar surface area (TPSA) is 94.1 Å². The van der Waals surface area contributed by atoms with Crippen LogP contribution >= 0.6 is 0 Å². The molecule has 7 nitrogen and oxygen atoms in total. The fraction of sp³-hybridized carbons (Fsp3) is 0.158. The van der Waals surface area contributed by atoms with Crippen LogP contribution < -0.4 is 19.5 Å². The quantitative estimate of drug-likeness (QED) is 0.633. The highest BCUT2D eigenvalue weighted by molar-refractivity contribution is 6.08. The van der Waals surface area contributed by atoms with Crippen molar-refractivity contribution in [3.63, 3.8) is 0 Å². The fourth-order valence-electron chi connectivity index (χ4n) is 2.51. The van der Waals surface area contributed by atoms with Crippen molar-refractivity contribution in [2.75, 3.05) is 26.1 Å². The van der Waals surface area contributed by atoms with Gasteiger partial charge >= 0.3 is 0 Å². The first-order chi connectivity index (χ1) is 12.5. The first kappa shape index (κ1) is 17.3. The molecular weight excluding hydrogens is 338 g/mol. The van der Waals surface area contributed by atoms with Gasteiger partial charge in [-0.25, -0.2) is 0 Å². The maximum Gasteiger partial charge on any atom is 0.262 e. The molecule has 0 bridgehead atoms. The molecule has 0 spiro atoms. The maximum atomic E-state index is 12.4. The fourth-order valence-corrected chi connectivity index (χ4v) is 2.51. The van der Waals surface area contributed by atoms with E-state index in [1.165, 1.54) is 20.3 Å². The number of ketones is 1. The van der Waals surface area contributed by atoms with Gasteiger partial charge in [0.15, 0.2) is 23.9 Å². The Kier molecular flexibility index (Phi) is 4.79. The zero-order valence-corrected chi connectivity index (χ0v) is 14.2. The Bertz CT molecular complexity index is 878. The van der Waals surface area contributed by atoms with Crippen molar-refractivity contribution in [1.29, 1.82) is 0 Å². The molecule has 0 fully saturated rings. The lowest BCUT2D eigenvalue weighted by Crippen LogP contribution is -2.25. The number of phenolic OH excluding ortho intramolecular Hbond substituents is 1. The van der Waals surface area contributed by atoms with Crippen LogP contribution in [-0.4, -0.2) is 37.6 Å².